The number of piperidine rings is 1. The van der Waals surface area contributed by atoms with Gasteiger partial charge in [0.25, 0.3) is 0 Å². The van der Waals surface area contributed by atoms with Gasteiger partial charge >= 0.3 is 0 Å². The number of hydrogen-bond donors (Lipinski definition) is 1. The molecule has 1 saturated heterocycles. The van der Waals surface area contributed by atoms with E-state index >= 15 is 0 Å². The minimum absolute atomic E-state index is 0.157. The lowest BCUT2D eigenvalue weighted by Crippen LogP contribution is -2.49. The molecule has 1 fully saturated rings. The highest BCUT2D eigenvalue weighted by atomic mass is 16.2. The van der Waals surface area contributed by atoms with Crippen molar-refractivity contribution in [2.24, 2.45) is 17.1 Å². The summed E-state index contributed by atoms with van der Waals surface area (Å²) in [6, 6.07) is 0.162. The summed E-state index contributed by atoms with van der Waals surface area (Å²) in [5.41, 5.74) is 6.30. The Kier molecular flexibility index (Phi) is 3.77. The van der Waals surface area contributed by atoms with Gasteiger partial charge in [-0.15, -0.1) is 0 Å². The van der Waals surface area contributed by atoms with Crippen molar-refractivity contribution >= 4 is 5.91 Å². The van der Waals surface area contributed by atoms with Gasteiger partial charge < -0.3 is 10.6 Å². The Morgan fingerprint density at radius 2 is 2.00 bits per heavy atom. The molecular weight excluding hydrogens is 188 g/mol. The summed E-state index contributed by atoms with van der Waals surface area (Å²) in [4.78, 5) is 13.2. The van der Waals surface area contributed by atoms with Crippen LogP contribution in [0.25, 0.3) is 0 Å². The van der Waals surface area contributed by atoms with E-state index in [0.717, 1.165) is 25.9 Å². The molecule has 15 heavy (non-hydrogen) atoms. The van der Waals surface area contributed by atoms with Crippen LogP contribution in [0.5, 0.6) is 0 Å². The van der Waals surface area contributed by atoms with Crippen molar-refractivity contribution in [2.45, 2.75) is 46.6 Å². The second kappa shape index (κ2) is 4.52. The average Bonchev–Trinajstić information content (AvgIpc) is 1.99. The van der Waals surface area contributed by atoms with Crippen LogP contribution in [-0.4, -0.2) is 29.9 Å². The zero-order valence-corrected chi connectivity index (χ0v) is 10.4. The number of carbonyl (C=O) groups excluding carboxylic acids is 1. The topological polar surface area (TPSA) is 46.3 Å². The lowest BCUT2D eigenvalue weighted by atomic mass is 9.80. The number of hydrogen-bond acceptors (Lipinski definition) is 2. The van der Waals surface area contributed by atoms with E-state index in [1.54, 1.807) is 6.92 Å². The molecule has 2 unspecified atom stereocenters. The fraction of sp³-hybridized carbons (Fsp3) is 0.917. The Hall–Kier alpha value is -0.570. The average molecular weight is 212 g/mol. The molecule has 0 spiro atoms. The zero-order valence-electron chi connectivity index (χ0n) is 10.4. The van der Waals surface area contributed by atoms with Crippen LogP contribution in [0.3, 0.4) is 0 Å². The molecule has 1 amide bonds. The molecule has 1 aliphatic heterocycles. The molecule has 0 aromatic heterocycles. The first kappa shape index (κ1) is 12.5. The molecule has 3 heteroatoms. The number of amides is 1. The Bertz CT molecular complexity index is 232. The minimum atomic E-state index is 0.157. The van der Waals surface area contributed by atoms with E-state index in [1.165, 1.54) is 0 Å². The molecule has 2 N–H and O–H groups in total. The summed E-state index contributed by atoms with van der Waals surface area (Å²) in [5.74, 6) is 0.724. The first-order valence-electron chi connectivity index (χ1n) is 5.79. The molecule has 2 atom stereocenters. The van der Waals surface area contributed by atoms with Crippen molar-refractivity contribution in [1.82, 2.24) is 4.90 Å². The van der Waals surface area contributed by atoms with Gasteiger partial charge in [0, 0.05) is 26.1 Å². The summed E-state index contributed by atoms with van der Waals surface area (Å²) in [6.45, 7) is 9.98. The maximum atomic E-state index is 11.3. The predicted octanol–water partition coefficient (Wildman–Crippen LogP) is 1.62. The van der Waals surface area contributed by atoms with Crippen molar-refractivity contribution in [3.8, 4) is 0 Å². The highest BCUT2D eigenvalue weighted by Crippen LogP contribution is 2.29. The Morgan fingerprint density at radius 3 is 2.47 bits per heavy atom. The normalized spacial score (nSPS) is 27.9. The highest BCUT2D eigenvalue weighted by Gasteiger charge is 2.29. The Morgan fingerprint density at radius 1 is 1.40 bits per heavy atom. The van der Waals surface area contributed by atoms with E-state index in [2.05, 4.69) is 20.8 Å². The minimum Gasteiger partial charge on any atom is -0.341 e. The third-order valence-electron chi connectivity index (χ3n) is 2.92. The van der Waals surface area contributed by atoms with Gasteiger partial charge in [-0.2, -0.15) is 0 Å². The Labute approximate surface area is 93.0 Å². The monoisotopic (exact) mass is 212 g/mol. The largest absolute Gasteiger partial charge is 0.341 e. The molecule has 0 saturated carbocycles. The van der Waals surface area contributed by atoms with Crippen molar-refractivity contribution in [1.29, 1.82) is 0 Å². The van der Waals surface area contributed by atoms with Crippen molar-refractivity contribution in [2.75, 3.05) is 13.1 Å². The molecule has 88 valence electrons. The van der Waals surface area contributed by atoms with Gasteiger partial charge in [-0.25, -0.2) is 0 Å². The summed E-state index contributed by atoms with van der Waals surface area (Å²) < 4.78 is 0. The van der Waals surface area contributed by atoms with E-state index in [4.69, 9.17) is 5.73 Å². The summed E-state index contributed by atoms with van der Waals surface area (Å²) >= 11 is 0. The van der Waals surface area contributed by atoms with E-state index in [0.29, 0.717) is 11.3 Å². The second-order valence-corrected chi connectivity index (χ2v) is 6.05. The third-order valence-corrected chi connectivity index (χ3v) is 2.92. The van der Waals surface area contributed by atoms with Crippen LogP contribution in [0, 0.1) is 11.3 Å². The molecule has 1 heterocycles. The van der Waals surface area contributed by atoms with Crippen LogP contribution in [0.2, 0.25) is 0 Å². The van der Waals surface area contributed by atoms with Gasteiger partial charge in [0.2, 0.25) is 5.91 Å². The molecule has 0 aromatic carbocycles. The summed E-state index contributed by atoms with van der Waals surface area (Å²) in [6.07, 6.45) is 2.20. The van der Waals surface area contributed by atoms with Crippen molar-refractivity contribution in [3.05, 3.63) is 0 Å². The first-order valence-corrected chi connectivity index (χ1v) is 5.79. The second-order valence-electron chi connectivity index (χ2n) is 6.05. The summed E-state index contributed by atoms with van der Waals surface area (Å²) in [5, 5.41) is 0. The highest BCUT2D eigenvalue weighted by molar-refractivity contribution is 5.73. The van der Waals surface area contributed by atoms with Gasteiger partial charge in [-0.1, -0.05) is 20.8 Å². The van der Waals surface area contributed by atoms with Crippen LogP contribution in [-0.2, 0) is 4.79 Å². The maximum absolute atomic E-state index is 11.3. The third kappa shape index (κ3) is 4.20. The fourth-order valence-corrected chi connectivity index (χ4v) is 2.52. The molecular formula is C12H24N2O. The van der Waals surface area contributed by atoms with E-state index in [1.807, 2.05) is 4.90 Å². The molecule has 3 nitrogen and oxygen atoms in total. The molecule has 0 radical (unpaired) electrons. The number of nitrogens with two attached hydrogens (primary N) is 1. The SMILES string of the molecule is CC(=O)N1CC(N)CC(CC(C)(C)C)C1. The van der Waals surface area contributed by atoms with E-state index in [-0.39, 0.29) is 11.9 Å². The number of nitrogens with zero attached hydrogens (tertiary/aromatic N) is 1. The number of likely N-dealkylation sites (tertiary alicyclic amines) is 1. The van der Waals surface area contributed by atoms with Crippen LogP contribution >= 0.6 is 0 Å². The van der Waals surface area contributed by atoms with Crippen LogP contribution in [0.15, 0.2) is 0 Å². The van der Waals surface area contributed by atoms with Gasteiger partial charge in [0.05, 0.1) is 0 Å². The number of carbonyl (C=O) groups is 1. The molecule has 0 aromatic rings. The van der Waals surface area contributed by atoms with Gasteiger partial charge in [-0.3, -0.25) is 4.79 Å². The van der Waals surface area contributed by atoms with Crippen LogP contribution < -0.4 is 5.73 Å². The van der Waals surface area contributed by atoms with E-state index < -0.39 is 0 Å². The smallest absolute Gasteiger partial charge is 0.219 e. The zero-order chi connectivity index (χ0) is 11.6. The quantitative estimate of drug-likeness (QED) is 0.718. The molecule has 0 bridgehead atoms. The predicted molar refractivity (Wildman–Crippen MR) is 62.4 cm³/mol. The van der Waals surface area contributed by atoms with Crippen LogP contribution in [0.1, 0.15) is 40.5 Å². The first-order chi connectivity index (χ1) is 6.78. The standard InChI is InChI=1S/C12H24N2O/c1-9(15)14-7-10(5-11(13)8-14)6-12(2,3)4/h10-11H,5-8,13H2,1-4H3. The van der Waals surface area contributed by atoms with E-state index in [9.17, 15) is 4.79 Å². The summed E-state index contributed by atoms with van der Waals surface area (Å²) in [7, 11) is 0. The van der Waals surface area contributed by atoms with Crippen molar-refractivity contribution in [3.63, 3.8) is 0 Å². The van der Waals surface area contributed by atoms with Gasteiger partial charge in [-0.05, 0) is 24.2 Å². The fourth-order valence-electron chi connectivity index (χ4n) is 2.52. The lowest BCUT2D eigenvalue weighted by Gasteiger charge is -2.38. The Balaban J connectivity index is 2.56. The number of rotatable bonds is 1. The molecule has 0 aliphatic carbocycles. The maximum Gasteiger partial charge on any atom is 0.219 e. The van der Waals surface area contributed by atoms with Gasteiger partial charge in [0.1, 0.15) is 0 Å². The van der Waals surface area contributed by atoms with Gasteiger partial charge in [0.15, 0.2) is 0 Å². The van der Waals surface area contributed by atoms with Crippen LogP contribution in [0.4, 0.5) is 0 Å². The lowest BCUT2D eigenvalue weighted by molar-refractivity contribution is -0.131. The van der Waals surface area contributed by atoms with Crippen molar-refractivity contribution < 1.29 is 4.79 Å². The molecule has 1 aliphatic rings. The molecule has 1 rings (SSSR count).